The first-order chi connectivity index (χ1) is 9.98. The molecule has 7 nitrogen and oxygen atoms in total. The lowest BCUT2D eigenvalue weighted by Gasteiger charge is -2.15. The summed E-state index contributed by atoms with van der Waals surface area (Å²) >= 11 is 0. The molecule has 0 aromatic heterocycles. The lowest BCUT2D eigenvalue weighted by molar-refractivity contribution is -0.572. The van der Waals surface area contributed by atoms with Crippen molar-refractivity contribution in [2.75, 3.05) is 0 Å². The highest BCUT2D eigenvalue weighted by Gasteiger charge is 2.36. The van der Waals surface area contributed by atoms with Crippen LogP contribution in [0, 0.1) is 10.1 Å². The fourth-order valence-electron chi connectivity index (χ4n) is 1.60. The van der Waals surface area contributed by atoms with Gasteiger partial charge in [-0.2, -0.15) is 0 Å². The maximum absolute atomic E-state index is 11.9. The summed E-state index contributed by atoms with van der Waals surface area (Å²) in [6.07, 6.45) is -1.79. The number of nitro groups is 1. The van der Waals surface area contributed by atoms with Gasteiger partial charge >= 0.3 is 14.1 Å². The average molecular weight is 309 g/mol. The summed E-state index contributed by atoms with van der Waals surface area (Å²) in [6, 6.07) is 15.4. The van der Waals surface area contributed by atoms with Gasteiger partial charge < -0.3 is 4.52 Å². The van der Waals surface area contributed by atoms with Gasteiger partial charge in [0, 0.05) is 0 Å². The quantitative estimate of drug-likeness (QED) is 0.381. The number of phosphoric ester groups is 1. The molecule has 2 aromatic rings. The summed E-state index contributed by atoms with van der Waals surface area (Å²) in [5.41, 5.74) is 0.147. The molecule has 110 valence electrons. The van der Waals surface area contributed by atoms with Crippen LogP contribution in [0.1, 0.15) is 11.8 Å². The zero-order chi connectivity index (χ0) is 15.3. The molecule has 0 aliphatic carbocycles. The Morgan fingerprint density at radius 2 is 1.57 bits per heavy atom. The van der Waals surface area contributed by atoms with E-state index in [1.165, 1.54) is 24.3 Å². The van der Waals surface area contributed by atoms with Crippen molar-refractivity contribution >= 4 is 7.82 Å². The number of hydrogen-bond acceptors (Lipinski definition) is 5. The Morgan fingerprint density at radius 1 is 1.05 bits per heavy atom. The molecule has 0 aliphatic rings. The third-order valence-electron chi connectivity index (χ3n) is 2.47. The number of para-hydroxylation sites is 1. The molecule has 21 heavy (non-hydrogen) atoms. The van der Waals surface area contributed by atoms with E-state index in [-0.39, 0.29) is 11.3 Å². The SMILES string of the molecule is O=[N+]([O-])C(OP(=O)(O)Oc1ccccc1)c1ccccc1. The second-order valence-corrected chi connectivity index (χ2v) is 5.36. The van der Waals surface area contributed by atoms with E-state index in [9.17, 15) is 19.6 Å². The van der Waals surface area contributed by atoms with Crippen LogP contribution < -0.4 is 4.52 Å². The van der Waals surface area contributed by atoms with E-state index >= 15 is 0 Å². The average Bonchev–Trinajstić information content (AvgIpc) is 2.46. The topological polar surface area (TPSA) is 98.9 Å². The molecule has 1 N–H and O–H groups in total. The molecule has 2 rings (SSSR count). The first-order valence-corrected chi connectivity index (χ1v) is 7.42. The Labute approximate surface area is 120 Å². The predicted octanol–water partition coefficient (Wildman–Crippen LogP) is 3.16. The number of phosphoric acid groups is 1. The highest BCUT2D eigenvalue weighted by atomic mass is 31.2. The zero-order valence-electron chi connectivity index (χ0n) is 10.7. The zero-order valence-corrected chi connectivity index (χ0v) is 11.6. The highest BCUT2D eigenvalue weighted by Crippen LogP contribution is 2.48. The molecule has 0 saturated carbocycles. The fraction of sp³-hybridized carbons (Fsp3) is 0.0769. The highest BCUT2D eigenvalue weighted by molar-refractivity contribution is 7.47. The fourth-order valence-corrected chi connectivity index (χ4v) is 2.48. The van der Waals surface area contributed by atoms with Gasteiger partial charge in [-0.1, -0.05) is 36.4 Å². The van der Waals surface area contributed by atoms with Gasteiger partial charge in [0.25, 0.3) is 0 Å². The van der Waals surface area contributed by atoms with Gasteiger partial charge in [-0.15, -0.1) is 0 Å². The largest absolute Gasteiger partial charge is 0.533 e. The molecule has 2 aromatic carbocycles. The van der Waals surface area contributed by atoms with Gasteiger partial charge in [0.1, 0.15) is 5.75 Å². The molecule has 0 radical (unpaired) electrons. The van der Waals surface area contributed by atoms with Crippen molar-refractivity contribution in [2.24, 2.45) is 0 Å². The summed E-state index contributed by atoms with van der Waals surface area (Å²) < 4.78 is 21.3. The van der Waals surface area contributed by atoms with Crippen LogP contribution >= 0.6 is 7.82 Å². The minimum atomic E-state index is -4.63. The Balaban J connectivity index is 2.16. The summed E-state index contributed by atoms with van der Waals surface area (Å²) in [5.74, 6) is 0.0819. The minimum Gasteiger partial charge on any atom is -0.404 e. The van der Waals surface area contributed by atoms with E-state index in [2.05, 4.69) is 4.52 Å². The van der Waals surface area contributed by atoms with Crippen LogP contribution in [0.4, 0.5) is 0 Å². The van der Waals surface area contributed by atoms with E-state index < -0.39 is 19.0 Å². The van der Waals surface area contributed by atoms with Crippen LogP contribution in [0.5, 0.6) is 5.75 Å². The van der Waals surface area contributed by atoms with Crippen molar-refractivity contribution in [1.29, 1.82) is 0 Å². The summed E-state index contributed by atoms with van der Waals surface area (Å²) in [4.78, 5) is 19.9. The number of benzene rings is 2. The van der Waals surface area contributed by atoms with Crippen LogP contribution in [0.15, 0.2) is 60.7 Å². The summed E-state index contributed by atoms with van der Waals surface area (Å²) in [6.45, 7) is 0. The third-order valence-corrected chi connectivity index (χ3v) is 3.38. The van der Waals surface area contributed by atoms with Crippen molar-refractivity contribution in [1.82, 2.24) is 0 Å². The van der Waals surface area contributed by atoms with Crippen molar-refractivity contribution in [3.63, 3.8) is 0 Å². The van der Waals surface area contributed by atoms with Gasteiger partial charge in [-0.25, -0.2) is 9.09 Å². The van der Waals surface area contributed by atoms with Crippen molar-refractivity contribution in [2.45, 2.75) is 6.23 Å². The molecule has 0 heterocycles. The van der Waals surface area contributed by atoms with Gasteiger partial charge in [0.05, 0.1) is 10.5 Å². The lowest BCUT2D eigenvalue weighted by Crippen LogP contribution is -2.14. The molecule has 0 spiro atoms. The van der Waals surface area contributed by atoms with Crippen LogP contribution in [-0.4, -0.2) is 9.82 Å². The Kier molecular flexibility index (Phi) is 4.70. The molecular weight excluding hydrogens is 297 g/mol. The molecule has 2 atom stereocenters. The maximum atomic E-state index is 11.9. The standard InChI is InChI=1S/C13H12NO6P/c15-14(16)13(11-7-3-1-4-8-11)20-21(17,18)19-12-9-5-2-6-10-12/h1-10,13H,(H,17,18). The van der Waals surface area contributed by atoms with E-state index in [1.807, 2.05) is 0 Å². The Morgan fingerprint density at radius 3 is 2.10 bits per heavy atom. The van der Waals surface area contributed by atoms with Gasteiger partial charge in [-0.3, -0.25) is 15.0 Å². The van der Waals surface area contributed by atoms with E-state index in [0.29, 0.717) is 0 Å². The van der Waals surface area contributed by atoms with Gasteiger partial charge in [0.2, 0.25) is 0 Å². The second-order valence-electron chi connectivity index (χ2n) is 4.03. The van der Waals surface area contributed by atoms with Gasteiger partial charge in [0.15, 0.2) is 0 Å². The second kappa shape index (κ2) is 6.49. The third kappa shape index (κ3) is 4.39. The van der Waals surface area contributed by atoms with Gasteiger partial charge in [-0.05, 0) is 24.3 Å². The molecule has 0 saturated heterocycles. The predicted molar refractivity (Wildman–Crippen MR) is 74.2 cm³/mol. The van der Waals surface area contributed by atoms with Crippen LogP contribution in [-0.2, 0) is 9.09 Å². The molecule has 0 aliphatic heterocycles. The summed E-state index contributed by atoms with van der Waals surface area (Å²) in [7, 11) is -4.63. The first kappa shape index (κ1) is 15.2. The molecule has 0 fully saturated rings. The number of hydrogen-bond donors (Lipinski definition) is 1. The Hall–Kier alpha value is -2.21. The van der Waals surface area contributed by atoms with Crippen LogP contribution in [0.25, 0.3) is 0 Å². The molecule has 2 unspecified atom stereocenters. The Bertz CT molecular complexity index is 648. The first-order valence-electron chi connectivity index (χ1n) is 5.92. The van der Waals surface area contributed by atoms with Crippen molar-refractivity contribution < 1.29 is 23.4 Å². The van der Waals surface area contributed by atoms with Crippen molar-refractivity contribution in [3.05, 3.63) is 76.3 Å². The number of nitrogens with zero attached hydrogens (tertiary/aromatic N) is 1. The molecule has 8 heteroatoms. The van der Waals surface area contributed by atoms with E-state index in [0.717, 1.165) is 0 Å². The minimum absolute atomic E-state index is 0.0819. The van der Waals surface area contributed by atoms with E-state index in [4.69, 9.17) is 4.52 Å². The van der Waals surface area contributed by atoms with E-state index in [1.54, 1.807) is 36.4 Å². The normalized spacial score (nSPS) is 14.9. The number of rotatable bonds is 6. The van der Waals surface area contributed by atoms with Crippen LogP contribution in [0.2, 0.25) is 0 Å². The molecule has 0 bridgehead atoms. The summed E-state index contributed by atoms with van der Waals surface area (Å²) in [5, 5.41) is 11.0. The molecular formula is C13H12NO6P. The monoisotopic (exact) mass is 309 g/mol. The smallest absolute Gasteiger partial charge is 0.404 e. The van der Waals surface area contributed by atoms with Crippen molar-refractivity contribution in [3.8, 4) is 5.75 Å². The molecule has 0 amide bonds. The lowest BCUT2D eigenvalue weighted by atomic mass is 10.2. The van der Waals surface area contributed by atoms with Crippen LogP contribution in [0.3, 0.4) is 0 Å². The maximum Gasteiger partial charge on any atom is 0.533 e.